The van der Waals surface area contributed by atoms with Crippen LogP contribution >= 0.6 is 11.3 Å². The predicted octanol–water partition coefficient (Wildman–Crippen LogP) is 1.34. The van der Waals surface area contributed by atoms with Gasteiger partial charge in [-0.15, -0.1) is 11.3 Å². The van der Waals surface area contributed by atoms with Crippen LogP contribution in [0.25, 0.3) is 22.2 Å². The van der Waals surface area contributed by atoms with Crippen LogP contribution < -0.4 is 5.32 Å². The van der Waals surface area contributed by atoms with Crippen LogP contribution in [0.15, 0.2) is 24.0 Å². The first-order valence-corrected chi connectivity index (χ1v) is 9.16. The number of hydrogen-bond donors (Lipinski definition) is 4. The van der Waals surface area contributed by atoms with Gasteiger partial charge in [-0.05, 0) is 23.9 Å². The van der Waals surface area contributed by atoms with Crippen molar-refractivity contribution in [2.24, 2.45) is 0 Å². The van der Waals surface area contributed by atoms with Crippen LogP contribution in [0.1, 0.15) is 18.0 Å². The summed E-state index contributed by atoms with van der Waals surface area (Å²) in [6.45, 7) is 1.50. The minimum absolute atomic E-state index is 0.0235. The molecular weight excluding hydrogens is 356 g/mol. The average molecular weight is 376 g/mol. The van der Waals surface area contributed by atoms with Crippen LogP contribution in [0.3, 0.4) is 0 Å². The van der Waals surface area contributed by atoms with E-state index >= 15 is 0 Å². The van der Waals surface area contributed by atoms with Gasteiger partial charge in [0.25, 0.3) is 0 Å². The zero-order chi connectivity index (χ0) is 18.3. The summed E-state index contributed by atoms with van der Waals surface area (Å²) >= 11 is 1.66. The summed E-state index contributed by atoms with van der Waals surface area (Å²) in [5.74, 6) is 0.719. The summed E-state index contributed by atoms with van der Waals surface area (Å²) in [6, 6.07) is 2.05. The van der Waals surface area contributed by atoms with Crippen LogP contribution in [0.5, 0.6) is 0 Å². The highest BCUT2D eigenvalue weighted by Crippen LogP contribution is 2.42. The molecule has 0 saturated carbocycles. The lowest BCUT2D eigenvalue weighted by molar-refractivity contribution is -0.159. The fraction of sp³-hybridized carbons (Fsp3) is 0.412. The number of nitrogens with zero attached hydrogens (tertiary/aromatic N) is 3. The van der Waals surface area contributed by atoms with E-state index in [4.69, 9.17) is 9.84 Å². The third-order valence-corrected chi connectivity index (χ3v) is 5.45. The van der Waals surface area contributed by atoms with Crippen molar-refractivity contribution in [3.05, 3.63) is 28.8 Å². The van der Waals surface area contributed by atoms with E-state index in [2.05, 4.69) is 21.4 Å². The Morgan fingerprint density at radius 3 is 3.00 bits per heavy atom. The maximum absolute atomic E-state index is 10.7. The number of rotatable bonds is 6. The highest BCUT2D eigenvalue weighted by Gasteiger charge is 2.36. The van der Waals surface area contributed by atoms with E-state index < -0.39 is 18.4 Å². The zero-order valence-corrected chi connectivity index (χ0v) is 15.0. The summed E-state index contributed by atoms with van der Waals surface area (Å²) in [4.78, 5) is 9.94. The standard InChI is InChI=1S/C17H20N4O4S/c1-17(24,8-23)16(25-4-3-22)21-7-11-10-2-5-26-12(10)6-18-14-13(11)15(21)20-9-19-14/h2,5,7,9,16,22-24H,3-4,6,8H2,1H3,(H,18,19,20)/t16?,17-/m1/s1. The molecule has 4 rings (SSSR count). The molecule has 9 heteroatoms. The quantitative estimate of drug-likeness (QED) is 0.513. The second-order valence-corrected chi connectivity index (χ2v) is 7.44. The number of fused-ring (bicyclic) bond motifs is 2. The number of ether oxygens (including phenoxy) is 1. The molecule has 0 aromatic carbocycles. The third kappa shape index (κ3) is 2.68. The van der Waals surface area contributed by atoms with E-state index in [1.165, 1.54) is 18.1 Å². The van der Waals surface area contributed by atoms with Crippen molar-refractivity contribution in [2.45, 2.75) is 25.3 Å². The Balaban J connectivity index is 1.95. The molecule has 4 heterocycles. The van der Waals surface area contributed by atoms with Gasteiger partial charge in [-0.25, -0.2) is 9.97 Å². The first-order chi connectivity index (χ1) is 12.6. The average Bonchev–Trinajstić information content (AvgIpc) is 3.21. The molecule has 3 aromatic rings. The van der Waals surface area contributed by atoms with E-state index in [0.29, 0.717) is 12.2 Å². The van der Waals surface area contributed by atoms with Crippen LogP contribution in [-0.2, 0) is 11.3 Å². The lowest BCUT2D eigenvalue weighted by atomic mass is 10.1. The number of aliphatic hydroxyl groups excluding tert-OH is 2. The van der Waals surface area contributed by atoms with E-state index in [9.17, 15) is 10.2 Å². The summed E-state index contributed by atoms with van der Waals surface area (Å²) in [5.41, 5.74) is 1.07. The summed E-state index contributed by atoms with van der Waals surface area (Å²) in [6.07, 6.45) is 2.41. The normalized spacial score (nSPS) is 16.6. The van der Waals surface area contributed by atoms with Crippen molar-refractivity contribution in [1.82, 2.24) is 14.5 Å². The van der Waals surface area contributed by atoms with Gasteiger partial charge in [0.05, 0.1) is 31.8 Å². The number of anilines is 1. The maximum Gasteiger partial charge on any atom is 0.166 e. The number of aliphatic hydroxyl groups is 3. The molecule has 8 nitrogen and oxygen atoms in total. The fourth-order valence-electron chi connectivity index (χ4n) is 3.29. The van der Waals surface area contributed by atoms with Crippen molar-refractivity contribution >= 4 is 28.2 Å². The van der Waals surface area contributed by atoms with Gasteiger partial charge in [0, 0.05) is 16.6 Å². The van der Waals surface area contributed by atoms with E-state index in [0.717, 1.165) is 22.3 Å². The molecule has 26 heavy (non-hydrogen) atoms. The van der Waals surface area contributed by atoms with E-state index in [1.807, 2.05) is 11.6 Å². The van der Waals surface area contributed by atoms with E-state index in [-0.39, 0.29) is 13.2 Å². The number of hydrogen-bond acceptors (Lipinski definition) is 8. The van der Waals surface area contributed by atoms with Gasteiger partial charge in [0.1, 0.15) is 23.4 Å². The Morgan fingerprint density at radius 2 is 2.23 bits per heavy atom. The molecule has 0 saturated heterocycles. The largest absolute Gasteiger partial charge is 0.394 e. The molecule has 0 amide bonds. The van der Waals surface area contributed by atoms with Crippen molar-refractivity contribution in [3.8, 4) is 11.1 Å². The molecule has 0 bridgehead atoms. The Kier molecular flexibility index (Phi) is 4.41. The molecule has 4 N–H and O–H groups in total. The van der Waals surface area contributed by atoms with Crippen molar-refractivity contribution in [2.75, 3.05) is 25.1 Å². The highest BCUT2D eigenvalue weighted by atomic mass is 32.1. The lowest BCUT2D eigenvalue weighted by Crippen LogP contribution is -2.41. The van der Waals surface area contributed by atoms with Crippen LogP contribution in [-0.4, -0.2) is 55.3 Å². The molecule has 1 aliphatic heterocycles. The molecule has 138 valence electrons. The summed E-state index contributed by atoms with van der Waals surface area (Å²) in [7, 11) is 0. The molecule has 0 aliphatic carbocycles. The fourth-order valence-corrected chi connectivity index (χ4v) is 4.11. The molecular formula is C17H20N4O4S. The van der Waals surface area contributed by atoms with E-state index in [1.54, 1.807) is 15.9 Å². The molecule has 1 aliphatic rings. The van der Waals surface area contributed by atoms with Gasteiger partial charge < -0.3 is 29.9 Å². The van der Waals surface area contributed by atoms with Gasteiger partial charge in [-0.1, -0.05) is 0 Å². The highest BCUT2D eigenvalue weighted by molar-refractivity contribution is 7.10. The van der Waals surface area contributed by atoms with Crippen molar-refractivity contribution in [3.63, 3.8) is 0 Å². The Bertz CT molecular complexity index is 936. The third-order valence-electron chi connectivity index (χ3n) is 4.53. The molecule has 1 unspecified atom stereocenters. The van der Waals surface area contributed by atoms with Gasteiger partial charge in [-0.3, -0.25) is 0 Å². The monoisotopic (exact) mass is 376 g/mol. The molecule has 2 atom stereocenters. The Morgan fingerprint density at radius 1 is 1.38 bits per heavy atom. The minimum Gasteiger partial charge on any atom is -0.394 e. The lowest BCUT2D eigenvalue weighted by Gasteiger charge is -2.32. The first-order valence-electron chi connectivity index (χ1n) is 8.28. The predicted molar refractivity (Wildman–Crippen MR) is 98.0 cm³/mol. The number of aromatic nitrogens is 3. The Labute approximate surface area is 153 Å². The minimum atomic E-state index is -1.56. The topological polar surface area (TPSA) is 113 Å². The summed E-state index contributed by atoms with van der Waals surface area (Å²) in [5, 5.41) is 35.7. The van der Waals surface area contributed by atoms with Gasteiger partial charge in [-0.2, -0.15) is 0 Å². The Hall–Kier alpha value is -2.04. The molecule has 0 fully saturated rings. The molecule has 0 spiro atoms. The molecule has 0 radical (unpaired) electrons. The smallest absolute Gasteiger partial charge is 0.166 e. The maximum atomic E-state index is 10.7. The van der Waals surface area contributed by atoms with Gasteiger partial charge in [0.2, 0.25) is 0 Å². The van der Waals surface area contributed by atoms with Crippen LogP contribution in [0.2, 0.25) is 0 Å². The SMILES string of the molecule is C[C@@](O)(CO)C(OCCO)n1cc2c3c(ncnc31)NCc1sccc1-2. The zero-order valence-electron chi connectivity index (χ0n) is 14.2. The second-order valence-electron chi connectivity index (χ2n) is 6.44. The second kappa shape index (κ2) is 6.60. The van der Waals surface area contributed by atoms with Crippen molar-refractivity contribution < 1.29 is 20.1 Å². The van der Waals surface area contributed by atoms with Crippen LogP contribution in [0.4, 0.5) is 5.82 Å². The van der Waals surface area contributed by atoms with Crippen molar-refractivity contribution in [1.29, 1.82) is 0 Å². The summed E-state index contributed by atoms with van der Waals surface area (Å²) < 4.78 is 7.39. The van der Waals surface area contributed by atoms with Gasteiger partial charge >= 0.3 is 0 Å². The van der Waals surface area contributed by atoms with Gasteiger partial charge in [0.15, 0.2) is 6.23 Å². The van der Waals surface area contributed by atoms with Crippen LogP contribution in [0, 0.1) is 0 Å². The number of thiophene rings is 1. The molecule has 3 aromatic heterocycles. The first kappa shape index (κ1) is 17.4. The number of nitrogens with one attached hydrogen (secondary N) is 1.